The molecule has 0 aliphatic carbocycles. The van der Waals surface area contributed by atoms with Crippen molar-refractivity contribution in [1.82, 2.24) is 0 Å². The average molecular weight is 453 g/mol. The van der Waals surface area contributed by atoms with E-state index in [1.54, 1.807) is 0 Å². The van der Waals surface area contributed by atoms with Crippen molar-refractivity contribution in [2.24, 2.45) is 0 Å². The first kappa shape index (κ1) is 31.6. The largest absolute Gasteiger partial charge is 0.393 e. The molecule has 0 rings (SSSR count). The Bertz CT molecular complexity index is 366. The van der Waals surface area contributed by atoms with Gasteiger partial charge in [-0.2, -0.15) is 0 Å². The molecule has 0 saturated heterocycles. The normalized spacial score (nSPS) is 12.3. The summed E-state index contributed by atoms with van der Waals surface area (Å²) in [7, 11) is 0. The minimum atomic E-state index is -0.403. The summed E-state index contributed by atoms with van der Waals surface area (Å²) >= 11 is 0. The Labute approximate surface area is 202 Å². The van der Waals surface area contributed by atoms with Gasteiger partial charge >= 0.3 is 0 Å². The van der Waals surface area contributed by atoms with Crippen molar-refractivity contribution < 1.29 is 9.90 Å². The van der Waals surface area contributed by atoms with E-state index in [0.29, 0.717) is 12.8 Å². The van der Waals surface area contributed by atoms with E-state index < -0.39 is 6.10 Å². The maximum atomic E-state index is 11.7. The van der Waals surface area contributed by atoms with Crippen molar-refractivity contribution in [3.05, 3.63) is 0 Å². The third-order valence-electron chi connectivity index (χ3n) is 6.91. The number of aliphatic hydroxyl groups is 1. The summed E-state index contributed by atoms with van der Waals surface area (Å²) in [5, 5.41) is 9.96. The van der Waals surface area contributed by atoms with Gasteiger partial charge in [0.1, 0.15) is 5.78 Å². The minimum absolute atomic E-state index is 0.239. The van der Waals surface area contributed by atoms with E-state index in [4.69, 9.17) is 0 Å². The molecule has 1 unspecified atom stereocenters. The van der Waals surface area contributed by atoms with Crippen LogP contribution < -0.4 is 0 Å². The van der Waals surface area contributed by atoms with Crippen molar-refractivity contribution in [2.75, 3.05) is 0 Å². The summed E-state index contributed by atoms with van der Waals surface area (Å²) in [6, 6.07) is 0. The third kappa shape index (κ3) is 25.9. The fraction of sp³-hybridized carbons (Fsp3) is 0.967. The molecule has 2 heteroatoms. The molecule has 192 valence electrons. The Morgan fingerprint density at radius 2 is 0.812 bits per heavy atom. The average Bonchev–Trinajstić information content (AvgIpc) is 2.78. The van der Waals surface area contributed by atoms with Crippen LogP contribution in [-0.4, -0.2) is 17.0 Å². The second-order valence-electron chi connectivity index (χ2n) is 10.4. The lowest BCUT2D eigenvalue weighted by Gasteiger charge is -2.09. The molecule has 0 saturated carbocycles. The lowest BCUT2D eigenvalue weighted by molar-refractivity contribution is -0.121. The van der Waals surface area contributed by atoms with Crippen LogP contribution in [0.2, 0.25) is 0 Å². The smallest absolute Gasteiger partial charge is 0.135 e. The second kappa shape index (κ2) is 26.9. The number of hydrogen-bond acceptors (Lipinski definition) is 2. The van der Waals surface area contributed by atoms with Gasteiger partial charge in [0.2, 0.25) is 0 Å². The van der Waals surface area contributed by atoms with Gasteiger partial charge in [-0.3, -0.25) is 4.79 Å². The van der Waals surface area contributed by atoms with Crippen LogP contribution in [0.15, 0.2) is 0 Å². The lowest BCUT2D eigenvalue weighted by Crippen LogP contribution is -2.13. The molecule has 0 radical (unpaired) electrons. The lowest BCUT2D eigenvalue weighted by atomic mass is 10.0. The third-order valence-corrected chi connectivity index (χ3v) is 6.91. The molecule has 0 aromatic rings. The number of unbranched alkanes of at least 4 members (excludes halogenated alkanes) is 21. The monoisotopic (exact) mass is 452 g/mol. The van der Waals surface area contributed by atoms with Crippen LogP contribution in [0.5, 0.6) is 0 Å². The summed E-state index contributed by atoms with van der Waals surface area (Å²) in [5.41, 5.74) is 0. The van der Waals surface area contributed by atoms with E-state index >= 15 is 0 Å². The van der Waals surface area contributed by atoms with Gasteiger partial charge in [0.15, 0.2) is 0 Å². The zero-order valence-corrected chi connectivity index (χ0v) is 22.3. The molecule has 0 bridgehead atoms. The SMILES string of the molecule is CCCCCCCCCCCCCCCCCCCCCCCC(O)CC(=O)CCCC. The molecular formula is C30H60O2. The zero-order chi connectivity index (χ0) is 23.5. The van der Waals surface area contributed by atoms with E-state index in [9.17, 15) is 9.90 Å². The molecule has 0 fully saturated rings. The van der Waals surface area contributed by atoms with Gasteiger partial charge in [0.25, 0.3) is 0 Å². The maximum Gasteiger partial charge on any atom is 0.135 e. The Morgan fingerprint density at radius 1 is 0.500 bits per heavy atom. The van der Waals surface area contributed by atoms with Crippen molar-refractivity contribution in [1.29, 1.82) is 0 Å². The zero-order valence-electron chi connectivity index (χ0n) is 22.3. The van der Waals surface area contributed by atoms with E-state index in [1.807, 2.05) is 0 Å². The number of Topliss-reactive ketones (excluding diaryl/α,β-unsaturated/α-hetero) is 1. The molecule has 0 aromatic heterocycles. The fourth-order valence-electron chi connectivity index (χ4n) is 4.65. The van der Waals surface area contributed by atoms with Gasteiger partial charge in [-0.05, 0) is 12.8 Å². The second-order valence-corrected chi connectivity index (χ2v) is 10.4. The van der Waals surface area contributed by atoms with Gasteiger partial charge in [0, 0.05) is 12.8 Å². The predicted octanol–water partition coefficient (Wildman–Crippen LogP) is 10.1. The van der Waals surface area contributed by atoms with Crippen LogP contribution in [0.25, 0.3) is 0 Å². The molecule has 0 aromatic carbocycles. The highest BCUT2D eigenvalue weighted by Crippen LogP contribution is 2.16. The van der Waals surface area contributed by atoms with E-state index in [0.717, 1.165) is 25.7 Å². The summed E-state index contributed by atoms with van der Waals surface area (Å²) < 4.78 is 0. The van der Waals surface area contributed by atoms with Gasteiger partial charge in [-0.1, -0.05) is 155 Å². The molecule has 1 N–H and O–H groups in total. The van der Waals surface area contributed by atoms with Crippen LogP contribution >= 0.6 is 0 Å². The number of aliphatic hydroxyl groups excluding tert-OH is 1. The van der Waals surface area contributed by atoms with Crippen LogP contribution in [0.1, 0.15) is 181 Å². The molecule has 0 aliphatic rings. The Balaban J connectivity index is 3.14. The Morgan fingerprint density at radius 3 is 1.16 bits per heavy atom. The molecular weight excluding hydrogens is 392 g/mol. The number of carbonyl (C=O) groups is 1. The molecule has 0 aliphatic heterocycles. The first-order chi connectivity index (χ1) is 15.7. The van der Waals surface area contributed by atoms with Gasteiger partial charge in [0.05, 0.1) is 6.10 Å². The number of rotatable bonds is 27. The number of hydrogen-bond donors (Lipinski definition) is 1. The summed E-state index contributed by atoms with van der Waals surface area (Å²) in [6.45, 7) is 4.39. The molecule has 0 heterocycles. The molecule has 0 amide bonds. The maximum absolute atomic E-state index is 11.7. The van der Waals surface area contributed by atoms with Crippen LogP contribution in [-0.2, 0) is 4.79 Å². The first-order valence-corrected chi connectivity index (χ1v) is 14.9. The molecule has 1 atom stereocenters. The topological polar surface area (TPSA) is 37.3 Å². The van der Waals surface area contributed by atoms with Crippen molar-refractivity contribution in [3.63, 3.8) is 0 Å². The highest BCUT2D eigenvalue weighted by atomic mass is 16.3. The molecule has 32 heavy (non-hydrogen) atoms. The molecule has 2 nitrogen and oxygen atoms in total. The fourth-order valence-corrected chi connectivity index (χ4v) is 4.65. The minimum Gasteiger partial charge on any atom is -0.393 e. The van der Waals surface area contributed by atoms with E-state index in [1.165, 1.54) is 128 Å². The molecule has 0 spiro atoms. The highest BCUT2D eigenvalue weighted by molar-refractivity contribution is 5.78. The Kier molecular flexibility index (Phi) is 26.6. The van der Waals surface area contributed by atoms with Crippen molar-refractivity contribution >= 4 is 5.78 Å². The highest BCUT2D eigenvalue weighted by Gasteiger charge is 2.09. The van der Waals surface area contributed by atoms with Gasteiger partial charge < -0.3 is 5.11 Å². The summed E-state index contributed by atoms with van der Waals surface area (Å²) in [6.07, 6.45) is 32.7. The standard InChI is InChI=1S/C30H60O2/c1-3-5-7-8-9-10-11-12-13-14-15-16-17-18-19-20-21-22-23-24-25-27-30(32)28-29(31)26-6-4-2/h30,32H,3-28H2,1-2H3. The first-order valence-electron chi connectivity index (χ1n) is 14.9. The van der Waals surface area contributed by atoms with Crippen molar-refractivity contribution in [3.8, 4) is 0 Å². The van der Waals surface area contributed by atoms with Crippen LogP contribution in [0.3, 0.4) is 0 Å². The number of ketones is 1. The predicted molar refractivity (Wildman–Crippen MR) is 142 cm³/mol. The van der Waals surface area contributed by atoms with Gasteiger partial charge in [-0.25, -0.2) is 0 Å². The van der Waals surface area contributed by atoms with Crippen molar-refractivity contribution in [2.45, 2.75) is 187 Å². The van der Waals surface area contributed by atoms with E-state index in [2.05, 4.69) is 13.8 Å². The number of carbonyl (C=O) groups excluding carboxylic acids is 1. The quantitative estimate of drug-likeness (QED) is 0.126. The van der Waals surface area contributed by atoms with Gasteiger partial charge in [-0.15, -0.1) is 0 Å². The Hall–Kier alpha value is -0.370. The van der Waals surface area contributed by atoms with Crippen LogP contribution in [0.4, 0.5) is 0 Å². The van der Waals surface area contributed by atoms with Crippen LogP contribution in [0, 0.1) is 0 Å². The summed E-state index contributed by atoms with van der Waals surface area (Å²) in [5.74, 6) is 0.239. The van der Waals surface area contributed by atoms with E-state index in [-0.39, 0.29) is 5.78 Å². The summed E-state index contributed by atoms with van der Waals surface area (Å²) in [4.78, 5) is 11.7.